The predicted molar refractivity (Wildman–Crippen MR) is 57.6 cm³/mol. The summed E-state index contributed by atoms with van der Waals surface area (Å²) in [6.07, 6.45) is 0.707. The number of hydrogen-bond acceptors (Lipinski definition) is 3. The van der Waals surface area contributed by atoms with Crippen molar-refractivity contribution < 1.29 is 4.79 Å². The van der Waals surface area contributed by atoms with Crippen LogP contribution < -0.4 is 16.6 Å². The summed E-state index contributed by atoms with van der Waals surface area (Å²) in [4.78, 5) is 11.5. The fourth-order valence-electron chi connectivity index (χ4n) is 1.95. The molecule has 15 heavy (non-hydrogen) atoms. The molecular weight excluding hydrogens is 190 g/mol. The molecule has 0 spiro atoms. The third kappa shape index (κ3) is 2.00. The summed E-state index contributed by atoms with van der Waals surface area (Å²) in [5.74, 6) is -0.0216. The zero-order valence-electron chi connectivity index (χ0n) is 8.44. The van der Waals surface area contributed by atoms with Crippen LogP contribution in [0.3, 0.4) is 0 Å². The number of carbonyl (C=O) groups excluding carboxylic acids is 1. The van der Waals surface area contributed by atoms with E-state index in [2.05, 4.69) is 10.9 Å². The Morgan fingerprint density at radius 2 is 2.00 bits per heavy atom. The van der Waals surface area contributed by atoms with E-state index in [-0.39, 0.29) is 17.9 Å². The van der Waals surface area contributed by atoms with Crippen molar-refractivity contribution in [2.75, 3.05) is 6.54 Å². The van der Waals surface area contributed by atoms with E-state index in [0.717, 1.165) is 5.56 Å². The van der Waals surface area contributed by atoms with Crippen molar-refractivity contribution >= 4 is 5.91 Å². The third-order valence-electron chi connectivity index (χ3n) is 2.73. The average Bonchev–Trinajstić information content (AvgIpc) is 2.63. The highest BCUT2D eigenvalue weighted by molar-refractivity contribution is 5.81. The minimum atomic E-state index is -0.0580. The first kappa shape index (κ1) is 10.1. The Bertz CT molecular complexity index is 339. The number of hydrogen-bond donors (Lipinski definition) is 3. The second-order valence-electron chi connectivity index (χ2n) is 3.71. The SMILES string of the molecule is NCCC1C(=O)NNC1c1ccccc1. The summed E-state index contributed by atoms with van der Waals surface area (Å²) in [6, 6.07) is 9.98. The maximum absolute atomic E-state index is 11.5. The first-order valence-corrected chi connectivity index (χ1v) is 5.13. The Balaban J connectivity index is 2.18. The lowest BCUT2D eigenvalue weighted by Gasteiger charge is -2.15. The topological polar surface area (TPSA) is 67.2 Å². The van der Waals surface area contributed by atoms with Gasteiger partial charge in [0.25, 0.3) is 0 Å². The lowest BCUT2D eigenvalue weighted by Crippen LogP contribution is -2.27. The van der Waals surface area contributed by atoms with Gasteiger partial charge in [0.1, 0.15) is 0 Å². The van der Waals surface area contributed by atoms with Gasteiger partial charge in [0, 0.05) is 0 Å². The molecule has 80 valence electrons. The van der Waals surface area contributed by atoms with Gasteiger partial charge >= 0.3 is 0 Å². The van der Waals surface area contributed by atoms with Gasteiger partial charge in [-0.1, -0.05) is 30.3 Å². The summed E-state index contributed by atoms with van der Waals surface area (Å²) in [5, 5.41) is 0. The van der Waals surface area contributed by atoms with E-state index in [9.17, 15) is 4.79 Å². The zero-order chi connectivity index (χ0) is 10.7. The molecule has 2 unspecified atom stereocenters. The average molecular weight is 205 g/mol. The van der Waals surface area contributed by atoms with Crippen LogP contribution >= 0.6 is 0 Å². The van der Waals surface area contributed by atoms with E-state index in [4.69, 9.17) is 5.73 Å². The molecule has 1 heterocycles. The molecule has 0 radical (unpaired) electrons. The highest BCUT2D eigenvalue weighted by atomic mass is 16.2. The molecule has 1 aromatic rings. The van der Waals surface area contributed by atoms with Gasteiger partial charge in [0.2, 0.25) is 5.91 Å². The Morgan fingerprint density at radius 1 is 1.27 bits per heavy atom. The quantitative estimate of drug-likeness (QED) is 0.666. The van der Waals surface area contributed by atoms with Gasteiger partial charge in [-0.15, -0.1) is 0 Å². The Kier molecular flexibility index (Phi) is 2.99. The second kappa shape index (κ2) is 4.42. The highest BCUT2D eigenvalue weighted by Gasteiger charge is 2.34. The zero-order valence-corrected chi connectivity index (χ0v) is 8.44. The molecule has 4 heteroatoms. The minimum Gasteiger partial charge on any atom is -0.330 e. The minimum absolute atomic E-state index is 0.0364. The lowest BCUT2D eigenvalue weighted by atomic mass is 9.92. The monoisotopic (exact) mass is 205 g/mol. The van der Waals surface area contributed by atoms with Gasteiger partial charge < -0.3 is 5.73 Å². The second-order valence-corrected chi connectivity index (χ2v) is 3.71. The highest BCUT2D eigenvalue weighted by Crippen LogP contribution is 2.27. The first-order valence-electron chi connectivity index (χ1n) is 5.13. The van der Waals surface area contributed by atoms with Crippen LogP contribution in [0.1, 0.15) is 18.0 Å². The van der Waals surface area contributed by atoms with Crippen molar-refractivity contribution in [3.8, 4) is 0 Å². The van der Waals surface area contributed by atoms with Crippen molar-refractivity contribution in [3.63, 3.8) is 0 Å². The summed E-state index contributed by atoms with van der Waals surface area (Å²) in [7, 11) is 0. The third-order valence-corrected chi connectivity index (χ3v) is 2.73. The maximum Gasteiger partial charge on any atom is 0.239 e. The summed E-state index contributed by atoms with van der Waals surface area (Å²) in [6.45, 7) is 0.531. The molecule has 0 aromatic heterocycles. The van der Waals surface area contributed by atoms with Crippen molar-refractivity contribution in [1.82, 2.24) is 10.9 Å². The van der Waals surface area contributed by atoms with Gasteiger partial charge in [0.15, 0.2) is 0 Å². The van der Waals surface area contributed by atoms with E-state index in [1.165, 1.54) is 0 Å². The fraction of sp³-hybridized carbons (Fsp3) is 0.364. The molecule has 1 aliphatic heterocycles. The van der Waals surface area contributed by atoms with Gasteiger partial charge in [-0.05, 0) is 18.5 Å². The van der Waals surface area contributed by atoms with Crippen LogP contribution in [-0.4, -0.2) is 12.5 Å². The molecule has 0 saturated carbocycles. The van der Waals surface area contributed by atoms with E-state index in [1.807, 2.05) is 30.3 Å². The molecule has 2 rings (SSSR count). The smallest absolute Gasteiger partial charge is 0.239 e. The molecule has 2 atom stereocenters. The standard InChI is InChI=1S/C11H15N3O/c12-7-6-9-10(13-14-11(9)15)8-4-2-1-3-5-8/h1-5,9-10,13H,6-7,12H2,(H,14,15). The van der Waals surface area contributed by atoms with Crippen LogP contribution in [0, 0.1) is 5.92 Å². The van der Waals surface area contributed by atoms with Crippen LogP contribution in [-0.2, 0) is 4.79 Å². The van der Waals surface area contributed by atoms with Gasteiger partial charge in [0.05, 0.1) is 12.0 Å². The van der Waals surface area contributed by atoms with Crippen molar-refractivity contribution in [1.29, 1.82) is 0 Å². The number of carbonyl (C=O) groups is 1. The number of benzene rings is 1. The summed E-state index contributed by atoms with van der Waals surface area (Å²) in [5.41, 5.74) is 12.3. The number of hydrazine groups is 1. The van der Waals surface area contributed by atoms with Gasteiger partial charge in [-0.3, -0.25) is 10.2 Å². The van der Waals surface area contributed by atoms with E-state index in [0.29, 0.717) is 13.0 Å². The molecule has 1 aliphatic rings. The van der Waals surface area contributed by atoms with Crippen LogP contribution in [0.4, 0.5) is 0 Å². The van der Waals surface area contributed by atoms with Crippen molar-refractivity contribution in [2.45, 2.75) is 12.5 Å². The molecule has 1 aromatic carbocycles. The number of nitrogens with one attached hydrogen (secondary N) is 2. The molecule has 0 bridgehead atoms. The Hall–Kier alpha value is -1.39. The molecule has 4 N–H and O–H groups in total. The molecule has 1 saturated heterocycles. The summed E-state index contributed by atoms with van der Waals surface area (Å²) >= 11 is 0. The van der Waals surface area contributed by atoms with E-state index in [1.54, 1.807) is 0 Å². The molecule has 4 nitrogen and oxygen atoms in total. The van der Waals surface area contributed by atoms with Gasteiger partial charge in [-0.25, -0.2) is 5.43 Å². The van der Waals surface area contributed by atoms with E-state index < -0.39 is 0 Å². The predicted octanol–water partition coefficient (Wildman–Crippen LogP) is 0.327. The van der Waals surface area contributed by atoms with Crippen molar-refractivity contribution in [2.24, 2.45) is 11.7 Å². The number of rotatable bonds is 3. The van der Waals surface area contributed by atoms with Gasteiger partial charge in [-0.2, -0.15) is 0 Å². The molecule has 1 fully saturated rings. The largest absolute Gasteiger partial charge is 0.330 e. The molecule has 1 amide bonds. The maximum atomic E-state index is 11.5. The van der Waals surface area contributed by atoms with E-state index >= 15 is 0 Å². The first-order chi connectivity index (χ1) is 7.33. The van der Waals surface area contributed by atoms with Crippen LogP contribution in [0.25, 0.3) is 0 Å². The van der Waals surface area contributed by atoms with Crippen LogP contribution in [0.2, 0.25) is 0 Å². The number of amides is 1. The van der Waals surface area contributed by atoms with Crippen LogP contribution in [0.5, 0.6) is 0 Å². The summed E-state index contributed by atoms with van der Waals surface area (Å²) < 4.78 is 0. The fourth-order valence-corrected chi connectivity index (χ4v) is 1.95. The molecule has 0 aliphatic carbocycles. The van der Waals surface area contributed by atoms with Crippen molar-refractivity contribution in [3.05, 3.63) is 35.9 Å². The number of nitrogens with two attached hydrogens (primary N) is 1. The molecular formula is C11H15N3O. The Morgan fingerprint density at radius 3 is 2.67 bits per heavy atom. The Labute approximate surface area is 88.8 Å². The normalized spacial score (nSPS) is 25.3. The van der Waals surface area contributed by atoms with Crippen LogP contribution in [0.15, 0.2) is 30.3 Å². The lowest BCUT2D eigenvalue weighted by molar-refractivity contribution is -0.122.